The smallest absolute Gasteiger partial charge is 0.320 e. The van der Waals surface area contributed by atoms with Crippen molar-refractivity contribution in [3.05, 3.63) is 40.7 Å². The Morgan fingerprint density at radius 2 is 1.74 bits per heavy atom. The monoisotopic (exact) mass is 462 g/mol. The number of amides is 5. The first-order valence-corrected chi connectivity index (χ1v) is 11.2. The summed E-state index contributed by atoms with van der Waals surface area (Å²) in [6.07, 6.45) is 2.41. The maximum atomic E-state index is 12.7. The predicted octanol–water partition coefficient (Wildman–Crippen LogP) is 4.37. The number of hydrogen-bond donors (Lipinski definition) is 3. The molecule has 2 heterocycles. The number of urea groups is 1. The molecule has 1 aromatic heterocycles. The summed E-state index contributed by atoms with van der Waals surface area (Å²) in [5.41, 5.74) is 0.976. The van der Waals surface area contributed by atoms with Crippen LogP contribution in [0, 0.1) is 0 Å². The van der Waals surface area contributed by atoms with Gasteiger partial charge in [-0.2, -0.15) is 0 Å². The molecule has 1 aliphatic heterocycles. The van der Waals surface area contributed by atoms with Gasteiger partial charge in [0.2, 0.25) is 17.7 Å². The van der Waals surface area contributed by atoms with Gasteiger partial charge in [-0.1, -0.05) is 24.9 Å². The highest BCUT2D eigenvalue weighted by Crippen LogP contribution is 2.26. The minimum Gasteiger partial charge on any atom is -0.326 e. The Labute approximate surface area is 188 Å². The summed E-state index contributed by atoms with van der Waals surface area (Å²) >= 11 is 7.08. The molecule has 0 bridgehead atoms. The molecule has 0 spiro atoms. The SMILES string of the molecule is CCCC(NC(=O)Nc1ccc(Cl)s1)C(=O)Nc1ccc(N2C(=O)CCCC2=O)cc1. The molecule has 2 aromatic rings. The number of piperidine rings is 1. The average molecular weight is 463 g/mol. The Hall–Kier alpha value is -2.91. The van der Waals surface area contributed by atoms with Crippen LogP contribution < -0.4 is 20.9 Å². The van der Waals surface area contributed by atoms with Gasteiger partial charge in [-0.05, 0) is 49.2 Å². The van der Waals surface area contributed by atoms with Crippen LogP contribution in [0.4, 0.5) is 21.2 Å². The standard InChI is InChI=1S/C21H23ClN4O4S/c1-2-4-15(24-21(30)25-17-12-11-16(22)31-17)20(29)23-13-7-9-14(10-8-13)26-18(27)5-3-6-19(26)28/h7-12,15H,2-6H2,1H3,(H,23,29)(H2,24,25,30). The summed E-state index contributed by atoms with van der Waals surface area (Å²) in [5.74, 6) is -0.810. The zero-order valence-electron chi connectivity index (χ0n) is 16.9. The van der Waals surface area contributed by atoms with Gasteiger partial charge >= 0.3 is 6.03 Å². The molecule has 5 amide bonds. The van der Waals surface area contributed by atoms with Crippen LogP contribution in [-0.2, 0) is 14.4 Å². The summed E-state index contributed by atoms with van der Waals surface area (Å²) < 4.78 is 0.551. The highest BCUT2D eigenvalue weighted by atomic mass is 35.5. The lowest BCUT2D eigenvalue weighted by molar-refractivity contribution is -0.129. The minimum absolute atomic E-state index is 0.224. The van der Waals surface area contributed by atoms with Gasteiger partial charge in [-0.15, -0.1) is 11.3 Å². The molecule has 1 aliphatic rings. The van der Waals surface area contributed by atoms with Gasteiger partial charge in [-0.3, -0.25) is 24.6 Å². The van der Waals surface area contributed by atoms with E-state index in [4.69, 9.17) is 11.6 Å². The molecule has 0 saturated carbocycles. The molecule has 1 atom stereocenters. The Kier molecular flexibility index (Phi) is 7.64. The molecular formula is C21H23ClN4O4S. The van der Waals surface area contributed by atoms with Crippen molar-refractivity contribution in [3.8, 4) is 0 Å². The molecule has 0 aliphatic carbocycles. The molecular weight excluding hydrogens is 440 g/mol. The van der Waals surface area contributed by atoms with Gasteiger partial charge in [0.25, 0.3) is 0 Å². The van der Waals surface area contributed by atoms with Crippen LogP contribution >= 0.6 is 22.9 Å². The van der Waals surface area contributed by atoms with Gasteiger partial charge in [0.05, 0.1) is 15.0 Å². The van der Waals surface area contributed by atoms with E-state index < -0.39 is 12.1 Å². The fraction of sp³-hybridized carbons (Fsp3) is 0.333. The van der Waals surface area contributed by atoms with Gasteiger partial charge in [0.15, 0.2) is 0 Å². The van der Waals surface area contributed by atoms with Crippen LogP contribution in [0.25, 0.3) is 0 Å². The number of carbonyl (C=O) groups is 4. The Morgan fingerprint density at radius 1 is 1.06 bits per heavy atom. The lowest BCUT2D eigenvalue weighted by Gasteiger charge is -2.25. The van der Waals surface area contributed by atoms with E-state index in [1.165, 1.54) is 16.2 Å². The summed E-state index contributed by atoms with van der Waals surface area (Å²) in [7, 11) is 0. The number of hydrogen-bond acceptors (Lipinski definition) is 5. The number of nitrogens with zero attached hydrogens (tertiary/aromatic N) is 1. The first-order chi connectivity index (χ1) is 14.9. The van der Waals surface area contributed by atoms with E-state index in [-0.39, 0.29) is 17.7 Å². The highest BCUT2D eigenvalue weighted by molar-refractivity contribution is 7.20. The van der Waals surface area contributed by atoms with Crippen molar-refractivity contribution in [2.75, 3.05) is 15.5 Å². The lowest BCUT2D eigenvalue weighted by Crippen LogP contribution is -2.45. The first kappa shape index (κ1) is 22.8. The zero-order valence-corrected chi connectivity index (χ0v) is 18.5. The third kappa shape index (κ3) is 6.05. The normalized spacial score (nSPS) is 14.8. The number of thiophene rings is 1. The number of imide groups is 1. The lowest BCUT2D eigenvalue weighted by atomic mass is 10.1. The first-order valence-electron chi connectivity index (χ1n) is 9.97. The van der Waals surface area contributed by atoms with Crippen molar-refractivity contribution < 1.29 is 19.2 Å². The third-order valence-electron chi connectivity index (χ3n) is 4.68. The molecule has 31 heavy (non-hydrogen) atoms. The fourth-order valence-corrected chi connectivity index (χ4v) is 4.15. The largest absolute Gasteiger partial charge is 0.326 e. The molecule has 164 valence electrons. The van der Waals surface area contributed by atoms with Crippen molar-refractivity contribution in [2.45, 2.75) is 45.1 Å². The van der Waals surface area contributed by atoms with Crippen LogP contribution in [0.15, 0.2) is 36.4 Å². The Balaban J connectivity index is 1.61. The van der Waals surface area contributed by atoms with Crippen LogP contribution in [0.3, 0.4) is 0 Å². The molecule has 8 nitrogen and oxygen atoms in total. The number of halogens is 1. The van der Waals surface area contributed by atoms with E-state index in [9.17, 15) is 19.2 Å². The van der Waals surface area contributed by atoms with Gasteiger partial charge in [-0.25, -0.2) is 4.79 Å². The molecule has 1 saturated heterocycles. The molecule has 0 radical (unpaired) electrons. The summed E-state index contributed by atoms with van der Waals surface area (Å²) in [5, 5.41) is 8.68. The van der Waals surface area contributed by atoms with Crippen LogP contribution in [-0.4, -0.2) is 29.8 Å². The van der Waals surface area contributed by atoms with Crippen LogP contribution in [0.1, 0.15) is 39.0 Å². The summed E-state index contributed by atoms with van der Waals surface area (Å²) in [6.45, 7) is 1.92. The zero-order chi connectivity index (χ0) is 22.4. The summed E-state index contributed by atoms with van der Waals surface area (Å²) in [4.78, 5) is 50.2. The second-order valence-corrected chi connectivity index (χ2v) is 8.77. The Bertz CT molecular complexity index is 960. The molecule has 3 rings (SSSR count). The maximum Gasteiger partial charge on any atom is 0.320 e. The molecule has 1 unspecified atom stereocenters. The highest BCUT2D eigenvalue weighted by Gasteiger charge is 2.27. The van der Waals surface area contributed by atoms with E-state index >= 15 is 0 Å². The topological polar surface area (TPSA) is 108 Å². The third-order valence-corrected chi connectivity index (χ3v) is 5.83. The minimum atomic E-state index is -0.731. The van der Waals surface area contributed by atoms with Crippen LogP contribution in [0.2, 0.25) is 4.34 Å². The summed E-state index contributed by atoms with van der Waals surface area (Å²) in [6, 6.07) is 8.61. The molecule has 1 aromatic carbocycles. The Morgan fingerprint density at radius 3 is 2.32 bits per heavy atom. The van der Waals surface area contributed by atoms with Gasteiger partial charge in [0.1, 0.15) is 6.04 Å². The van der Waals surface area contributed by atoms with Gasteiger partial charge < -0.3 is 10.6 Å². The number of carbonyl (C=O) groups excluding carboxylic acids is 4. The van der Waals surface area contributed by atoms with E-state index in [0.29, 0.717) is 52.8 Å². The van der Waals surface area contributed by atoms with Crippen molar-refractivity contribution >= 4 is 63.1 Å². The van der Waals surface area contributed by atoms with Crippen LogP contribution in [0.5, 0.6) is 0 Å². The van der Waals surface area contributed by atoms with E-state index in [2.05, 4.69) is 16.0 Å². The number of rotatable bonds is 7. The van der Waals surface area contributed by atoms with Crippen molar-refractivity contribution in [3.63, 3.8) is 0 Å². The quantitative estimate of drug-likeness (QED) is 0.531. The number of nitrogens with one attached hydrogen (secondary N) is 3. The second kappa shape index (κ2) is 10.4. The van der Waals surface area contributed by atoms with Gasteiger partial charge in [0, 0.05) is 18.5 Å². The van der Waals surface area contributed by atoms with Crippen molar-refractivity contribution in [1.29, 1.82) is 0 Å². The average Bonchev–Trinajstić information content (AvgIpc) is 3.13. The number of benzene rings is 1. The van der Waals surface area contributed by atoms with E-state index in [0.717, 1.165) is 0 Å². The number of anilines is 3. The fourth-order valence-electron chi connectivity index (χ4n) is 3.21. The molecule has 3 N–H and O–H groups in total. The van der Waals surface area contributed by atoms with E-state index in [1.54, 1.807) is 36.4 Å². The molecule has 1 fully saturated rings. The second-order valence-electron chi connectivity index (χ2n) is 7.06. The maximum absolute atomic E-state index is 12.7. The molecule has 10 heteroatoms. The van der Waals surface area contributed by atoms with Crippen molar-refractivity contribution in [1.82, 2.24) is 5.32 Å². The predicted molar refractivity (Wildman–Crippen MR) is 122 cm³/mol. The van der Waals surface area contributed by atoms with Crippen molar-refractivity contribution in [2.24, 2.45) is 0 Å². The van der Waals surface area contributed by atoms with E-state index in [1.807, 2.05) is 6.92 Å².